The first-order valence-electron chi connectivity index (χ1n) is 6.36. The largest absolute Gasteiger partial charge is 0.487 e. The Balaban J connectivity index is 1.85. The zero-order valence-corrected chi connectivity index (χ0v) is 11.7. The van der Waals surface area contributed by atoms with Gasteiger partial charge in [0.25, 0.3) is 0 Å². The number of ether oxygens (including phenoxy) is 1. The summed E-state index contributed by atoms with van der Waals surface area (Å²) in [5.74, 6) is -0.323. The summed E-state index contributed by atoms with van der Waals surface area (Å²) in [6, 6.07) is 12.2. The molecular formula is C16H12ClNO3. The number of benzene rings is 2. The number of para-hydroxylation sites is 1. The van der Waals surface area contributed by atoms with Gasteiger partial charge in [0.2, 0.25) is 0 Å². The zero-order chi connectivity index (χ0) is 14.8. The van der Waals surface area contributed by atoms with Crippen LogP contribution in [0.2, 0.25) is 5.02 Å². The molecule has 0 bridgehead atoms. The van der Waals surface area contributed by atoms with E-state index in [0.717, 1.165) is 16.5 Å². The van der Waals surface area contributed by atoms with E-state index in [1.165, 1.54) is 0 Å². The van der Waals surface area contributed by atoms with Crippen molar-refractivity contribution in [2.24, 2.45) is 0 Å². The summed E-state index contributed by atoms with van der Waals surface area (Å²) in [4.78, 5) is 14.0. The maximum absolute atomic E-state index is 10.9. The van der Waals surface area contributed by atoms with Crippen molar-refractivity contribution < 1.29 is 14.6 Å². The minimum absolute atomic E-state index is 0.253. The van der Waals surface area contributed by atoms with Crippen molar-refractivity contribution in [3.63, 3.8) is 0 Å². The lowest BCUT2D eigenvalue weighted by Gasteiger charge is -2.07. The average Bonchev–Trinajstić information content (AvgIpc) is 2.88. The second kappa shape index (κ2) is 5.50. The van der Waals surface area contributed by atoms with Crippen LogP contribution in [0.15, 0.2) is 48.7 Å². The van der Waals surface area contributed by atoms with Gasteiger partial charge in [0.05, 0.1) is 10.6 Å². The number of aromatic amines is 1. The van der Waals surface area contributed by atoms with Gasteiger partial charge in [0.15, 0.2) is 0 Å². The summed E-state index contributed by atoms with van der Waals surface area (Å²) in [7, 11) is 0. The van der Waals surface area contributed by atoms with Crippen LogP contribution >= 0.6 is 11.6 Å². The van der Waals surface area contributed by atoms with E-state index in [4.69, 9.17) is 21.4 Å². The molecule has 3 aromatic rings. The molecule has 2 aromatic carbocycles. The molecule has 2 N–H and O–H groups in total. The molecule has 0 fully saturated rings. The summed E-state index contributed by atoms with van der Waals surface area (Å²) in [5.41, 5.74) is 1.97. The molecule has 21 heavy (non-hydrogen) atoms. The molecule has 1 aromatic heterocycles. The van der Waals surface area contributed by atoms with Crippen LogP contribution in [0.3, 0.4) is 0 Å². The van der Waals surface area contributed by atoms with Crippen LogP contribution in [0.1, 0.15) is 15.9 Å². The molecular weight excluding hydrogens is 290 g/mol. The number of rotatable bonds is 4. The molecule has 3 rings (SSSR count). The van der Waals surface area contributed by atoms with Crippen LogP contribution in [0, 0.1) is 0 Å². The van der Waals surface area contributed by atoms with Crippen molar-refractivity contribution in [3.05, 3.63) is 64.8 Å². The number of carboxylic acids is 1. The SMILES string of the molecule is O=C(O)c1ccc2c(COc3ccccc3Cl)c[nH]c2c1. The third kappa shape index (κ3) is 2.71. The molecule has 0 radical (unpaired) electrons. The lowest BCUT2D eigenvalue weighted by atomic mass is 10.1. The fourth-order valence-electron chi connectivity index (χ4n) is 2.16. The predicted octanol–water partition coefficient (Wildman–Crippen LogP) is 4.10. The maximum atomic E-state index is 10.9. The molecule has 0 amide bonds. The Labute approximate surface area is 125 Å². The third-order valence-corrected chi connectivity index (χ3v) is 3.55. The lowest BCUT2D eigenvalue weighted by molar-refractivity contribution is 0.0697. The van der Waals surface area contributed by atoms with E-state index >= 15 is 0 Å². The minimum Gasteiger partial charge on any atom is -0.487 e. The molecule has 0 saturated heterocycles. The molecule has 1 heterocycles. The first kappa shape index (κ1) is 13.5. The standard InChI is InChI=1S/C16H12ClNO3/c17-13-3-1-2-4-15(13)21-9-11-8-18-14-7-10(16(19)20)5-6-12(11)14/h1-8,18H,9H2,(H,19,20). The summed E-state index contributed by atoms with van der Waals surface area (Å²) in [6.45, 7) is 0.357. The molecule has 5 heteroatoms. The molecule has 106 valence electrons. The minimum atomic E-state index is -0.944. The van der Waals surface area contributed by atoms with Gasteiger partial charge in [-0.3, -0.25) is 0 Å². The number of carbonyl (C=O) groups is 1. The van der Waals surface area contributed by atoms with E-state index in [-0.39, 0.29) is 5.56 Å². The Morgan fingerprint density at radius 3 is 2.81 bits per heavy atom. The number of nitrogens with one attached hydrogen (secondary N) is 1. The predicted molar refractivity (Wildman–Crippen MR) is 81.0 cm³/mol. The fraction of sp³-hybridized carbons (Fsp3) is 0.0625. The molecule has 0 aliphatic heterocycles. The van der Waals surface area contributed by atoms with E-state index in [2.05, 4.69) is 4.98 Å². The normalized spacial score (nSPS) is 10.7. The zero-order valence-electron chi connectivity index (χ0n) is 11.0. The monoisotopic (exact) mass is 301 g/mol. The summed E-state index contributed by atoms with van der Waals surface area (Å²) in [6.07, 6.45) is 1.81. The third-order valence-electron chi connectivity index (χ3n) is 3.23. The van der Waals surface area contributed by atoms with Crippen molar-refractivity contribution in [3.8, 4) is 5.75 Å². The maximum Gasteiger partial charge on any atom is 0.335 e. The number of aromatic carboxylic acids is 1. The topological polar surface area (TPSA) is 62.3 Å². The molecule has 0 aliphatic carbocycles. The first-order chi connectivity index (χ1) is 10.1. The van der Waals surface area contributed by atoms with Gasteiger partial charge in [-0.1, -0.05) is 29.8 Å². The summed E-state index contributed by atoms with van der Waals surface area (Å²) >= 11 is 6.04. The van der Waals surface area contributed by atoms with Gasteiger partial charge in [0, 0.05) is 22.7 Å². The molecule has 0 unspecified atom stereocenters. The average molecular weight is 302 g/mol. The van der Waals surface area contributed by atoms with E-state index in [0.29, 0.717) is 17.4 Å². The van der Waals surface area contributed by atoms with Crippen LogP contribution < -0.4 is 4.74 Å². The van der Waals surface area contributed by atoms with Gasteiger partial charge in [0.1, 0.15) is 12.4 Å². The van der Waals surface area contributed by atoms with Gasteiger partial charge in [-0.05, 0) is 24.3 Å². The highest BCUT2D eigenvalue weighted by Crippen LogP contribution is 2.26. The van der Waals surface area contributed by atoms with E-state index < -0.39 is 5.97 Å². The smallest absolute Gasteiger partial charge is 0.335 e. The Kier molecular flexibility index (Phi) is 3.54. The lowest BCUT2D eigenvalue weighted by Crippen LogP contribution is -1.96. The van der Waals surface area contributed by atoms with Gasteiger partial charge in [-0.15, -0.1) is 0 Å². The number of hydrogen-bond donors (Lipinski definition) is 2. The Hall–Kier alpha value is -2.46. The van der Waals surface area contributed by atoms with Gasteiger partial charge >= 0.3 is 5.97 Å². The van der Waals surface area contributed by atoms with Crippen LogP contribution in [-0.2, 0) is 6.61 Å². The highest BCUT2D eigenvalue weighted by molar-refractivity contribution is 6.32. The number of carboxylic acid groups (broad SMARTS) is 1. The number of H-pyrrole nitrogens is 1. The van der Waals surface area contributed by atoms with Crippen molar-refractivity contribution >= 4 is 28.5 Å². The quantitative estimate of drug-likeness (QED) is 0.762. The molecule has 0 spiro atoms. The van der Waals surface area contributed by atoms with E-state index in [1.54, 1.807) is 30.3 Å². The van der Waals surface area contributed by atoms with Gasteiger partial charge in [-0.25, -0.2) is 4.79 Å². The first-order valence-corrected chi connectivity index (χ1v) is 6.73. The van der Waals surface area contributed by atoms with Crippen molar-refractivity contribution in [1.29, 1.82) is 0 Å². The highest BCUT2D eigenvalue weighted by Gasteiger charge is 2.09. The number of halogens is 1. The second-order valence-corrected chi connectivity index (χ2v) is 5.01. The van der Waals surface area contributed by atoms with Gasteiger partial charge in [-0.2, -0.15) is 0 Å². The van der Waals surface area contributed by atoms with E-state index in [9.17, 15) is 4.79 Å². The highest BCUT2D eigenvalue weighted by atomic mass is 35.5. The molecule has 0 saturated carbocycles. The number of fused-ring (bicyclic) bond motifs is 1. The number of aromatic nitrogens is 1. The van der Waals surface area contributed by atoms with Gasteiger partial charge < -0.3 is 14.8 Å². The molecule has 4 nitrogen and oxygen atoms in total. The Morgan fingerprint density at radius 1 is 1.24 bits per heavy atom. The molecule has 0 atom stereocenters. The van der Waals surface area contributed by atoms with E-state index in [1.807, 2.05) is 18.3 Å². The summed E-state index contributed by atoms with van der Waals surface area (Å²) in [5, 5.41) is 10.5. The van der Waals surface area contributed by atoms with Crippen LogP contribution in [0.5, 0.6) is 5.75 Å². The van der Waals surface area contributed by atoms with Crippen molar-refractivity contribution in [2.75, 3.05) is 0 Å². The Bertz CT molecular complexity index is 810. The van der Waals surface area contributed by atoms with Crippen LogP contribution in [0.4, 0.5) is 0 Å². The van der Waals surface area contributed by atoms with Crippen LogP contribution in [-0.4, -0.2) is 16.1 Å². The van der Waals surface area contributed by atoms with Crippen LogP contribution in [0.25, 0.3) is 10.9 Å². The fourth-order valence-corrected chi connectivity index (χ4v) is 2.35. The van der Waals surface area contributed by atoms with Crippen molar-refractivity contribution in [2.45, 2.75) is 6.61 Å². The van der Waals surface area contributed by atoms with Crippen molar-refractivity contribution in [1.82, 2.24) is 4.98 Å². The second-order valence-electron chi connectivity index (χ2n) is 4.60. The molecule has 0 aliphatic rings. The Morgan fingerprint density at radius 2 is 2.05 bits per heavy atom. The number of hydrogen-bond acceptors (Lipinski definition) is 2. The summed E-state index contributed by atoms with van der Waals surface area (Å²) < 4.78 is 5.70.